The number of likely N-dealkylation sites (tertiary alicyclic amines) is 1. The minimum absolute atomic E-state index is 0.0293. The summed E-state index contributed by atoms with van der Waals surface area (Å²) >= 11 is 0. The fraction of sp³-hybridized carbons (Fsp3) is 0.273. The van der Waals surface area contributed by atoms with E-state index in [4.69, 9.17) is 0 Å². The maximum Gasteiger partial charge on any atom is 0.274 e. The predicted octanol–water partition coefficient (Wildman–Crippen LogP) is 3.20. The SMILES string of the molecule is O=C(c1cnccn1)N1CCC2(CC1)CN(c1cccnc1)c1ccccc12. The van der Waals surface area contributed by atoms with Gasteiger partial charge in [0.1, 0.15) is 5.69 Å². The number of nitrogens with zero attached hydrogens (tertiary/aromatic N) is 5. The maximum absolute atomic E-state index is 12.7. The highest BCUT2D eigenvalue weighted by Crippen LogP contribution is 2.49. The molecule has 0 unspecified atom stereocenters. The van der Waals surface area contributed by atoms with E-state index in [9.17, 15) is 4.79 Å². The minimum atomic E-state index is -0.0293. The number of benzene rings is 1. The standard InChI is InChI=1S/C22H21N5O/c28-21(19-15-24-10-11-25-19)26-12-7-22(8-13-26)16-27(17-4-3-9-23-14-17)20-6-2-1-5-18(20)22/h1-6,9-11,14-15H,7-8,12-13,16H2. The lowest BCUT2D eigenvalue weighted by atomic mass is 9.74. The number of carbonyl (C=O) groups is 1. The van der Waals surface area contributed by atoms with Gasteiger partial charge in [-0.3, -0.25) is 14.8 Å². The van der Waals surface area contributed by atoms with Crippen molar-refractivity contribution >= 4 is 17.3 Å². The Morgan fingerprint density at radius 3 is 2.50 bits per heavy atom. The molecule has 1 fully saturated rings. The molecule has 1 aromatic carbocycles. The average Bonchev–Trinajstić information content (AvgIpc) is 3.09. The van der Waals surface area contributed by atoms with Gasteiger partial charge in [0.2, 0.25) is 0 Å². The number of carbonyl (C=O) groups excluding carboxylic acids is 1. The van der Waals surface area contributed by atoms with Gasteiger partial charge in [0.25, 0.3) is 5.91 Å². The quantitative estimate of drug-likeness (QED) is 0.692. The van der Waals surface area contributed by atoms with E-state index in [2.05, 4.69) is 50.2 Å². The lowest BCUT2D eigenvalue weighted by molar-refractivity contribution is 0.0668. The first kappa shape index (κ1) is 16.9. The molecule has 1 saturated heterocycles. The maximum atomic E-state index is 12.7. The molecule has 0 N–H and O–H groups in total. The predicted molar refractivity (Wildman–Crippen MR) is 107 cm³/mol. The molecule has 2 aromatic heterocycles. The number of aromatic nitrogens is 3. The molecule has 0 atom stereocenters. The number of anilines is 2. The third kappa shape index (κ3) is 2.72. The molecular formula is C22H21N5O. The third-order valence-corrected chi connectivity index (χ3v) is 5.97. The first-order valence-corrected chi connectivity index (χ1v) is 9.59. The number of hydrogen-bond acceptors (Lipinski definition) is 5. The first-order chi connectivity index (χ1) is 13.8. The molecule has 0 bridgehead atoms. The highest BCUT2D eigenvalue weighted by molar-refractivity contribution is 5.92. The van der Waals surface area contributed by atoms with Crippen LogP contribution in [-0.4, -0.2) is 45.4 Å². The number of para-hydroxylation sites is 1. The van der Waals surface area contributed by atoms with Crippen LogP contribution >= 0.6 is 0 Å². The van der Waals surface area contributed by atoms with Crippen molar-refractivity contribution in [2.75, 3.05) is 24.5 Å². The van der Waals surface area contributed by atoms with Crippen molar-refractivity contribution < 1.29 is 4.79 Å². The molecule has 0 radical (unpaired) electrons. The van der Waals surface area contributed by atoms with Crippen LogP contribution in [0.2, 0.25) is 0 Å². The molecular weight excluding hydrogens is 350 g/mol. The summed E-state index contributed by atoms with van der Waals surface area (Å²) in [5.41, 5.74) is 4.23. The van der Waals surface area contributed by atoms with Crippen LogP contribution in [0.3, 0.4) is 0 Å². The van der Waals surface area contributed by atoms with Gasteiger partial charge in [0.05, 0.1) is 18.1 Å². The number of pyridine rings is 1. The fourth-order valence-electron chi connectivity index (χ4n) is 4.51. The molecule has 3 aromatic rings. The van der Waals surface area contributed by atoms with Gasteiger partial charge in [0.15, 0.2) is 0 Å². The first-order valence-electron chi connectivity index (χ1n) is 9.59. The van der Waals surface area contributed by atoms with E-state index in [-0.39, 0.29) is 11.3 Å². The van der Waals surface area contributed by atoms with Gasteiger partial charge in [-0.05, 0) is 36.6 Å². The third-order valence-electron chi connectivity index (χ3n) is 5.97. The van der Waals surface area contributed by atoms with Crippen LogP contribution in [0.1, 0.15) is 28.9 Å². The normalized spacial score (nSPS) is 17.6. The zero-order chi connectivity index (χ0) is 19.0. The molecule has 2 aliphatic rings. The van der Waals surface area contributed by atoms with Gasteiger partial charge in [-0.2, -0.15) is 0 Å². The van der Waals surface area contributed by atoms with Gasteiger partial charge in [-0.25, -0.2) is 4.98 Å². The largest absolute Gasteiger partial charge is 0.339 e. The summed E-state index contributed by atoms with van der Waals surface area (Å²) < 4.78 is 0. The summed E-state index contributed by atoms with van der Waals surface area (Å²) in [6.45, 7) is 2.38. The van der Waals surface area contributed by atoms with Crippen molar-refractivity contribution in [1.29, 1.82) is 0 Å². The van der Waals surface area contributed by atoms with Crippen LogP contribution < -0.4 is 4.90 Å². The Morgan fingerprint density at radius 1 is 0.929 bits per heavy atom. The molecule has 6 heteroatoms. The van der Waals surface area contributed by atoms with E-state index >= 15 is 0 Å². The van der Waals surface area contributed by atoms with Crippen LogP contribution in [-0.2, 0) is 5.41 Å². The Hall–Kier alpha value is -3.28. The lowest BCUT2D eigenvalue weighted by Gasteiger charge is -2.39. The van der Waals surface area contributed by atoms with Crippen molar-refractivity contribution in [3.05, 3.63) is 78.6 Å². The monoisotopic (exact) mass is 371 g/mol. The molecule has 28 heavy (non-hydrogen) atoms. The average molecular weight is 371 g/mol. The summed E-state index contributed by atoms with van der Waals surface area (Å²) in [6.07, 6.45) is 10.3. The van der Waals surface area contributed by atoms with Crippen LogP contribution in [0.4, 0.5) is 11.4 Å². The van der Waals surface area contributed by atoms with Gasteiger partial charge in [0, 0.05) is 49.3 Å². The molecule has 1 spiro atoms. The molecule has 0 saturated carbocycles. The van der Waals surface area contributed by atoms with Crippen molar-refractivity contribution in [3.63, 3.8) is 0 Å². The van der Waals surface area contributed by atoms with E-state index in [0.29, 0.717) is 5.69 Å². The van der Waals surface area contributed by atoms with Crippen molar-refractivity contribution in [2.24, 2.45) is 0 Å². The Bertz CT molecular complexity index is 984. The highest BCUT2D eigenvalue weighted by atomic mass is 16.2. The number of rotatable bonds is 2. The van der Waals surface area contributed by atoms with E-state index in [1.165, 1.54) is 11.3 Å². The summed E-state index contributed by atoms with van der Waals surface area (Å²) in [4.78, 5) is 29.5. The van der Waals surface area contributed by atoms with Gasteiger partial charge < -0.3 is 9.80 Å². The zero-order valence-electron chi connectivity index (χ0n) is 15.5. The van der Waals surface area contributed by atoms with E-state index < -0.39 is 0 Å². The molecule has 6 nitrogen and oxygen atoms in total. The smallest absolute Gasteiger partial charge is 0.274 e. The highest BCUT2D eigenvalue weighted by Gasteiger charge is 2.45. The molecule has 5 rings (SSSR count). The number of fused-ring (bicyclic) bond motifs is 2. The number of piperidine rings is 1. The summed E-state index contributed by atoms with van der Waals surface area (Å²) in [6, 6.07) is 12.7. The minimum Gasteiger partial charge on any atom is -0.339 e. The van der Waals surface area contributed by atoms with Crippen LogP contribution in [0.15, 0.2) is 67.4 Å². The molecule has 1 amide bonds. The van der Waals surface area contributed by atoms with Gasteiger partial charge in [-0.15, -0.1) is 0 Å². The fourth-order valence-corrected chi connectivity index (χ4v) is 4.51. The van der Waals surface area contributed by atoms with Crippen molar-refractivity contribution in [2.45, 2.75) is 18.3 Å². The number of hydrogen-bond donors (Lipinski definition) is 0. The Kier molecular flexibility index (Phi) is 4.04. The summed E-state index contributed by atoms with van der Waals surface area (Å²) in [5, 5.41) is 0. The Morgan fingerprint density at radius 2 is 1.75 bits per heavy atom. The topological polar surface area (TPSA) is 62.2 Å². The van der Waals surface area contributed by atoms with Crippen LogP contribution in [0.25, 0.3) is 0 Å². The van der Waals surface area contributed by atoms with Crippen molar-refractivity contribution in [1.82, 2.24) is 19.9 Å². The lowest BCUT2D eigenvalue weighted by Crippen LogP contribution is -2.47. The molecule has 0 aliphatic carbocycles. The molecule has 2 aliphatic heterocycles. The van der Waals surface area contributed by atoms with Gasteiger partial charge in [-0.1, -0.05) is 18.2 Å². The summed E-state index contributed by atoms with van der Waals surface area (Å²) in [5.74, 6) is -0.0293. The zero-order valence-corrected chi connectivity index (χ0v) is 15.5. The van der Waals surface area contributed by atoms with Gasteiger partial charge >= 0.3 is 0 Å². The van der Waals surface area contributed by atoms with E-state index in [1.807, 2.05) is 17.2 Å². The second-order valence-corrected chi connectivity index (χ2v) is 7.48. The second kappa shape index (κ2) is 6.71. The second-order valence-electron chi connectivity index (χ2n) is 7.48. The van der Waals surface area contributed by atoms with Crippen molar-refractivity contribution in [3.8, 4) is 0 Å². The molecule has 140 valence electrons. The Labute approximate surface area is 163 Å². The Balaban J connectivity index is 1.41. The van der Waals surface area contributed by atoms with Crippen LogP contribution in [0, 0.1) is 0 Å². The summed E-state index contributed by atoms with van der Waals surface area (Å²) in [7, 11) is 0. The van der Waals surface area contributed by atoms with E-state index in [1.54, 1.807) is 24.8 Å². The number of amides is 1. The molecule has 4 heterocycles. The van der Waals surface area contributed by atoms with E-state index in [0.717, 1.165) is 38.2 Å². The van der Waals surface area contributed by atoms with Crippen LogP contribution in [0.5, 0.6) is 0 Å².